The van der Waals surface area contributed by atoms with Gasteiger partial charge < -0.3 is 10.5 Å². The Kier molecular flexibility index (Phi) is 6.59. The van der Waals surface area contributed by atoms with Crippen molar-refractivity contribution in [2.75, 3.05) is 11.8 Å². The number of fused-ring (bicyclic) bond motifs is 1. The first-order valence-electron chi connectivity index (χ1n) is 9.94. The van der Waals surface area contributed by atoms with Crippen molar-refractivity contribution in [1.82, 2.24) is 9.78 Å². The molecule has 0 radical (unpaired) electrons. The van der Waals surface area contributed by atoms with E-state index in [4.69, 9.17) is 22.1 Å². The lowest BCUT2D eigenvalue weighted by atomic mass is 10.1. The second-order valence-electron chi connectivity index (χ2n) is 7.31. The highest BCUT2D eigenvalue weighted by Gasteiger charge is 2.23. The van der Waals surface area contributed by atoms with E-state index in [1.54, 1.807) is 10.7 Å². The number of amides is 1. The van der Waals surface area contributed by atoms with E-state index < -0.39 is 10.0 Å². The molecule has 0 fully saturated rings. The van der Waals surface area contributed by atoms with Gasteiger partial charge in [0, 0.05) is 6.42 Å². The average Bonchev–Trinajstić information content (AvgIpc) is 3.37. The molecular formula is C22H21ClN4O4S2. The zero-order chi connectivity index (χ0) is 23.6. The van der Waals surface area contributed by atoms with Crippen LogP contribution in [0, 0.1) is 0 Å². The number of hydrogen-bond acceptors (Lipinski definition) is 6. The van der Waals surface area contributed by atoms with Gasteiger partial charge >= 0.3 is 0 Å². The minimum atomic E-state index is -3.88. The number of aryl methyl sites for hydroxylation is 1. The molecule has 0 saturated heterocycles. The van der Waals surface area contributed by atoms with Gasteiger partial charge in [-0.05, 0) is 41.8 Å². The normalized spacial score (nSPS) is 11.6. The molecular weight excluding hydrogens is 484 g/mol. The summed E-state index contributed by atoms with van der Waals surface area (Å²) in [6, 6.07) is 16.2. The van der Waals surface area contributed by atoms with E-state index >= 15 is 0 Å². The van der Waals surface area contributed by atoms with E-state index in [1.807, 2.05) is 36.4 Å². The minimum Gasteiger partial charge on any atom is -0.496 e. The van der Waals surface area contributed by atoms with E-state index in [-0.39, 0.29) is 22.4 Å². The summed E-state index contributed by atoms with van der Waals surface area (Å²) in [6.07, 6.45) is 0.815. The predicted molar refractivity (Wildman–Crippen MR) is 129 cm³/mol. The molecule has 0 saturated carbocycles. The molecule has 2 heterocycles. The lowest BCUT2D eigenvalue weighted by molar-refractivity contribution is -0.117. The number of carbonyl (C=O) groups is 1. The van der Waals surface area contributed by atoms with E-state index in [0.29, 0.717) is 34.0 Å². The third kappa shape index (κ3) is 5.13. The summed E-state index contributed by atoms with van der Waals surface area (Å²) in [6.45, 7) is 0.390. The molecule has 33 heavy (non-hydrogen) atoms. The van der Waals surface area contributed by atoms with Crippen molar-refractivity contribution in [3.63, 3.8) is 0 Å². The summed E-state index contributed by atoms with van der Waals surface area (Å²) in [5.74, 6) is 0.308. The highest BCUT2D eigenvalue weighted by molar-refractivity contribution is 7.94. The van der Waals surface area contributed by atoms with E-state index in [9.17, 15) is 13.2 Å². The van der Waals surface area contributed by atoms with Crippen LogP contribution in [-0.2, 0) is 27.8 Å². The fourth-order valence-electron chi connectivity index (χ4n) is 3.50. The van der Waals surface area contributed by atoms with Crippen molar-refractivity contribution >= 4 is 55.6 Å². The van der Waals surface area contributed by atoms with Gasteiger partial charge in [-0.2, -0.15) is 5.10 Å². The van der Waals surface area contributed by atoms with Crippen LogP contribution in [0.15, 0.2) is 58.8 Å². The number of ether oxygens (including phenoxy) is 1. The number of methoxy groups -OCH3 is 1. The van der Waals surface area contributed by atoms with Crippen LogP contribution in [0.5, 0.6) is 5.75 Å². The van der Waals surface area contributed by atoms with Gasteiger partial charge in [-0.1, -0.05) is 41.9 Å². The Balaban J connectivity index is 1.72. The molecule has 1 amide bonds. The Bertz CT molecular complexity index is 1430. The zero-order valence-corrected chi connectivity index (χ0v) is 20.0. The highest BCUT2D eigenvalue weighted by Crippen LogP contribution is 2.35. The van der Waals surface area contributed by atoms with Gasteiger partial charge in [0.05, 0.1) is 28.9 Å². The molecule has 0 aliphatic rings. The second-order valence-corrected chi connectivity index (χ2v) is 10.9. The average molecular weight is 505 g/mol. The summed E-state index contributed by atoms with van der Waals surface area (Å²) >= 11 is 6.88. The molecule has 0 atom stereocenters. The number of nitrogens with zero attached hydrogens (tertiary/aromatic N) is 2. The van der Waals surface area contributed by atoms with Crippen molar-refractivity contribution < 1.29 is 17.9 Å². The van der Waals surface area contributed by atoms with E-state index in [1.165, 1.54) is 19.2 Å². The fraction of sp³-hybridized carbons (Fsp3) is 0.182. The maximum Gasteiger partial charge on any atom is 0.272 e. The molecule has 2 aromatic heterocycles. The number of primary amides is 1. The van der Waals surface area contributed by atoms with Crippen LogP contribution in [-0.4, -0.2) is 31.2 Å². The summed E-state index contributed by atoms with van der Waals surface area (Å²) in [5, 5.41) is 5.11. The smallest absolute Gasteiger partial charge is 0.272 e. The number of carbonyl (C=O) groups excluding carboxylic acids is 1. The SMILES string of the molecule is COc1cccc2c1c(NS(=O)(=O)c1ccc(Cl)s1)nn2Cc1cccc(CCC(N)=O)c1. The molecule has 0 spiro atoms. The summed E-state index contributed by atoms with van der Waals surface area (Å²) < 4.78 is 36.1. The molecule has 11 heteroatoms. The fourth-order valence-corrected chi connectivity index (χ4v) is 6.00. The molecule has 0 bridgehead atoms. The Morgan fingerprint density at radius 2 is 1.94 bits per heavy atom. The highest BCUT2D eigenvalue weighted by atomic mass is 35.5. The molecule has 4 aromatic rings. The van der Waals surface area contributed by atoms with Crippen molar-refractivity contribution in [2.45, 2.75) is 23.6 Å². The van der Waals surface area contributed by atoms with Gasteiger partial charge in [-0.15, -0.1) is 11.3 Å². The van der Waals surface area contributed by atoms with Gasteiger partial charge in [0.1, 0.15) is 9.96 Å². The largest absolute Gasteiger partial charge is 0.496 e. The van der Waals surface area contributed by atoms with E-state index in [2.05, 4.69) is 9.82 Å². The molecule has 4 rings (SSSR count). The number of anilines is 1. The van der Waals surface area contributed by atoms with Gasteiger partial charge in [0.15, 0.2) is 5.82 Å². The minimum absolute atomic E-state index is 0.0900. The second kappa shape index (κ2) is 9.42. The monoisotopic (exact) mass is 504 g/mol. The number of nitrogens with one attached hydrogen (secondary N) is 1. The Labute approximate surface area is 200 Å². The molecule has 2 aromatic carbocycles. The molecule has 3 N–H and O–H groups in total. The van der Waals surface area contributed by atoms with Gasteiger partial charge in [0.25, 0.3) is 10.0 Å². The van der Waals surface area contributed by atoms with E-state index in [0.717, 1.165) is 22.5 Å². The number of rotatable bonds is 9. The number of sulfonamides is 1. The molecule has 0 aliphatic heterocycles. The lowest BCUT2D eigenvalue weighted by Crippen LogP contribution is -2.13. The van der Waals surface area contributed by atoms with Crippen LogP contribution in [0.1, 0.15) is 17.5 Å². The quantitative estimate of drug-likeness (QED) is 0.357. The topological polar surface area (TPSA) is 116 Å². The van der Waals surface area contributed by atoms with Crippen LogP contribution in [0.2, 0.25) is 4.34 Å². The van der Waals surface area contributed by atoms with Crippen LogP contribution in [0.4, 0.5) is 5.82 Å². The van der Waals surface area contributed by atoms with Crippen LogP contribution in [0.25, 0.3) is 10.9 Å². The van der Waals surface area contributed by atoms with Crippen molar-refractivity contribution in [1.29, 1.82) is 0 Å². The van der Waals surface area contributed by atoms with Crippen molar-refractivity contribution in [2.24, 2.45) is 5.73 Å². The third-order valence-electron chi connectivity index (χ3n) is 4.99. The summed E-state index contributed by atoms with van der Waals surface area (Å²) in [7, 11) is -2.36. The molecule has 172 valence electrons. The van der Waals surface area contributed by atoms with Gasteiger partial charge in [-0.3, -0.25) is 14.2 Å². The Morgan fingerprint density at radius 1 is 1.18 bits per heavy atom. The first kappa shape index (κ1) is 23.1. The summed E-state index contributed by atoms with van der Waals surface area (Å²) in [5.41, 5.74) is 7.90. The number of nitrogens with two attached hydrogens (primary N) is 1. The number of aromatic nitrogens is 2. The molecule has 0 aliphatic carbocycles. The number of hydrogen-bond donors (Lipinski definition) is 2. The number of thiophene rings is 1. The van der Waals surface area contributed by atoms with Crippen LogP contribution >= 0.6 is 22.9 Å². The van der Waals surface area contributed by atoms with Gasteiger partial charge in [-0.25, -0.2) is 8.42 Å². The number of halogens is 1. The van der Waals surface area contributed by atoms with Crippen molar-refractivity contribution in [3.05, 3.63) is 70.1 Å². The Morgan fingerprint density at radius 3 is 2.64 bits per heavy atom. The third-order valence-corrected chi connectivity index (χ3v) is 8.05. The molecule has 8 nitrogen and oxygen atoms in total. The maximum atomic E-state index is 12.9. The molecule has 0 unspecified atom stereocenters. The van der Waals surface area contributed by atoms with Crippen LogP contribution < -0.4 is 15.2 Å². The van der Waals surface area contributed by atoms with Crippen LogP contribution in [0.3, 0.4) is 0 Å². The number of benzene rings is 2. The standard InChI is InChI=1S/C22H21ClN4O4S2/c1-31-17-7-3-6-16-21(17)22(26-33(29,30)20-11-9-18(23)32-20)25-27(16)13-15-5-2-4-14(12-15)8-10-19(24)28/h2-7,9,11-12H,8,10,13H2,1H3,(H2,24,28)(H,25,26). The Hall–Kier alpha value is -3.08. The summed E-state index contributed by atoms with van der Waals surface area (Å²) in [4.78, 5) is 11.1. The lowest BCUT2D eigenvalue weighted by Gasteiger charge is -2.07. The van der Waals surface area contributed by atoms with Crippen molar-refractivity contribution in [3.8, 4) is 5.75 Å². The first-order chi connectivity index (χ1) is 15.8. The predicted octanol–water partition coefficient (Wildman–Crippen LogP) is 4.03. The first-order valence-corrected chi connectivity index (χ1v) is 12.6. The zero-order valence-electron chi connectivity index (χ0n) is 17.6. The van der Waals surface area contributed by atoms with Gasteiger partial charge in [0.2, 0.25) is 5.91 Å². The maximum absolute atomic E-state index is 12.9.